The van der Waals surface area contributed by atoms with Gasteiger partial charge in [0.25, 0.3) is 0 Å². The summed E-state index contributed by atoms with van der Waals surface area (Å²) in [6.45, 7) is 13.2. The van der Waals surface area contributed by atoms with Gasteiger partial charge < -0.3 is 9.52 Å². The van der Waals surface area contributed by atoms with Gasteiger partial charge >= 0.3 is 0 Å². The van der Waals surface area contributed by atoms with Crippen LogP contribution in [-0.4, -0.2) is 15.1 Å². The molecule has 0 aliphatic carbocycles. The molecule has 0 spiro atoms. The number of oxazole rings is 1. The van der Waals surface area contributed by atoms with Crippen LogP contribution in [0.5, 0.6) is 5.75 Å². The van der Waals surface area contributed by atoms with Crippen molar-refractivity contribution < 1.29 is 30.6 Å². The van der Waals surface area contributed by atoms with E-state index in [1.807, 2.05) is 30.5 Å². The Balaban J connectivity index is 0.00000337. The fraction of sp³-hybridized carbons (Fsp3) is 0.222. The summed E-state index contributed by atoms with van der Waals surface area (Å²) in [5, 5.41) is 12.8. The molecule has 0 atom stereocenters. The van der Waals surface area contributed by atoms with E-state index in [1.165, 1.54) is 5.56 Å². The van der Waals surface area contributed by atoms with Gasteiger partial charge in [-0.15, -0.1) is 29.3 Å². The predicted molar refractivity (Wildman–Crippen MR) is 164 cm³/mol. The summed E-state index contributed by atoms with van der Waals surface area (Å²) >= 11 is 0. The Labute approximate surface area is 255 Å². The number of nitrogens with zero attached hydrogens (tertiary/aromatic N) is 2. The number of rotatable bonds is 3. The van der Waals surface area contributed by atoms with E-state index in [4.69, 9.17) is 14.4 Å². The number of hydrogen-bond donors (Lipinski definition) is 1. The quantitative estimate of drug-likeness (QED) is 0.185. The van der Waals surface area contributed by atoms with E-state index in [2.05, 4.69) is 90.1 Å². The number of hydrogen-bond acceptors (Lipinski definition) is 4. The molecule has 4 nitrogen and oxygen atoms in total. The fourth-order valence-corrected chi connectivity index (χ4v) is 4.95. The van der Waals surface area contributed by atoms with Gasteiger partial charge in [-0.05, 0) is 45.4 Å². The molecule has 1 N–H and O–H groups in total. The van der Waals surface area contributed by atoms with Crippen molar-refractivity contribution in [3.8, 4) is 39.6 Å². The first kappa shape index (κ1) is 28.8. The van der Waals surface area contributed by atoms with Crippen molar-refractivity contribution in [2.75, 3.05) is 0 Å². The predicted octanol–water partition coefficient (Wildman–Crippen LogP) is 9.48. The second kappa shape index (κ2) is 10.6. The molecule has 5 heteroatoms. The van der Waals surface area contributed by atoms with E-state index in [0.717, 1.165) is 44.2 Å². The monoisotopic (exact) mass is 720 g/mol. The maximum atomic E-state index is 10.5. The molecule has 0 aliphatic heterocycles. The van der Waals surface area contributed by atoms with Gasteiger partial charge in [0.2, 0.25) is 5.89 Å². The Morgan fingerprint density at radius 3 is 2.05 bits per heavy atom. The molecule has 0 saturated carbocycles. The van der Waals surface area contributed by atoms with Gasteiger partial charge in [0.05, 0.1) is 11.1 Å². The first-order valence-electron chi connectivity index (χ1n) is 13.6. The fourth-order valence-electron chi connectivity index (χ4n) is 4.95. The minimum absolute atomic E-state index is 0. The van der Waals surface area contributed by atoms with Crippen molar-refractivity contribution >= 4 is 21.9 Å². The third-order valence-corrected chi connectivity index (χ3v) is 7.43. The molecule has 2 aromatic heterocycles. The zero-order valence-electron chi connectivity index (χ0n) is 24.1. The molecule has 6 aromatic rings. The molecule has 41 heavy (non-hydrogen) atoms. The van der Waals surface area contributed by atoms with E-state index >= 15 is 0 Å². The van der Waals surface area contributed by atoms with Crippen molar-refractivity contribution in [2.45, 2.75) is 52.4 Å². The molecule has 0 saturated heterocycles. The van der Waals surface area contributed by atoms with Crippen LogP contribution in [0.25, 0.3) is 55.7 Å². The van der Waals surface area contributed by atoms with Crippen LogP contribution < -0.4 is 0 Å². The van der Waals surface area contributed by atoms with Crippen LogP contribution in [0.4, 0.5) is 0 Å². The van der Waals surface area contributed by atoms with Crippen LogP contribution in [0.3, 0.4) is 0 Å². The Morgan fingerprint density at radius 2 is 1.34 bits per heavy atom. The van der Waals surface area contributed by atoms with Crippen LogP contribution >= 0.6 is 0 Å². The second-order valence-corrected chi connectivity index (χ2v) is 12.5. The number of benzene rings is 4. The van der Waals surface area contributed by atoms with E-state index in [0.29, 0.717) is 17.0 Å². The number of para-hydroxylation sites is 1. The topological polar surface area (TPSA) is 59.2 Å². The van der Waals surface area contributed by atoms with Crippen molar-refractivity contribution in [3.63, 3.8) is 0 Å². The van der Waals surface area contributed by atoms with Crippen LogP contribution in [0.1, 0.15) is 52.7 Å². The summed E-state index contributed by atoms with van der Waals surface area (Å²) in [5.41, 5.74) is 7.79. The molecule has 4 aromatic carbocycles. The Kier molecular flexibility index (Phi) is 7.42. The van der Waals surface area contributed by atoms with Crippen molar-refractivity contribution in [1.82, 2.24) is 9.97 Å². The van der Waals surface area contributed by atoms with E-state index < -0.39 is 0 Å². The SMILES string of the molecule is CC(C)(C)c1cc(-c2cc3ccccc3cn2)[c-]c(-c2cc(C(C)(C)C)cc3oc(-c4ccccc4O)nc23)c1.[Pt]. The van der Waals surface area contributed by atoms with Gasteiger partial charge in [-0.2, -0.15) is 0 Å². The zero-order chi connectivity index (χ0) is 28.2. The Hall–Kier alpha value is -3.75. The minimum atomic E-state index is -0.116. The van der Waals surface area contributed by atoms with Crippen molar-refractivity contribution in [1.29, 1.82) is 0 Å². The maximum Gasteiger partial charge on any atom is 0.230 e. The number of fused-ring (bicyclic) bond motifs is 2. The summed E-state index contributed by atoms with van der Waals surface area (Å²) < 4.78 is 6.30. The smallest absolute Gasteiger partial charge is 0.230 e. The van der Waals surface area contributed by atoms with Crippen LogP contribution in [0, 0.1) is 6.07 Å². The van der Waals surface area contributed by atoms with Gasteiger partial charge in [0.15, 0.2) is 0 Å². The first-order valence-corrected chi connectivity index (χ1v) is 13.6. The molecule has 0 radical (unpaired) electrons. The molecule has 0 unspecified atom stereocenters. The van der Waals surface area contributed by atoms with E-state index in [9.17, 15) is 5.11 Å². The molecule has 0 bridgehead atoms. The second-order valence-electron chi connectivity index (χ2n) is 12.5. The number of phenols is 1. The van der Waals surface area contributed by atoms with E-state index in [1.54, 1.807) is 12.1 Å². The molecular formula is C36H33N2O2Pt-. The van der Waals surface area contributed by atoms with Gasteiger partial charge in [0, 0.05) is 33.0 Å². The largest absolute Gasteiger partial charge is 0.507 e. The summed E-state index contributed by atoms with van der Waals surface area (Å²) in [7, 11) is 0. The van der Waals surface area contributed by atoms with Crippen molar-refractivity contribution in [2.24, 2.45) is 0 Å². The number of aromatic hydroxyl groups is 1. The van der Waals surface area contributed by atoms with E-state index in [-0.39, 0.29) is 37.6 Å². The Bertz CT molecular complexity index is 1890. The van der Waals surface area contributed by atoms with Gasteiger partial charge in [0.1, 0.15) is 11.3 Å². The maximum absolute atomic E-state index is 10.5. The van der Waals surface area contributed by atoms with Crippen molar-refractivity contribution in [3.05, 3.63) is 102 Å². The number of phenolic OH excluding ortho intramolecular Hbond substituents is 1. The number of pyridine rings is 1. The summed E-state index contributed by atoms with van der Waals surface area (Å²) in [6, 6.07) is 29.9. The summed E-state index contributed by atoms with van der Waals surface area (Å²) in [4.78, 5) is 9.73. The third kappa shape index (κ3) is 5.59. The standard InChI is InChI=1S/C36H33N2O2.Pt/c1-35(2,3)26-16-24(15-25(17-26)30-18-22-11-7-8-12-23(22)21-37-30)29-19-27(36(4,5)6)20-32-33(29)38-34(40-32)28-13-9-10-14-31(28)39;/h7-14,16-21,39H,1-6H3;/q-1;. The van der Waals surface area contributed by atoms with Gasteiger partial charge in [-0.25, -0.2) is 4.98 Å². The normalized spacial score (nSPS) is 12.0. The Morgan fingerprint density at radius 1 is 0.707 bits per heavy atom. The summed E-state index contributed by atoms with van der Waals surface area (Å²) in [6.07, 6.45) is 1.93. The molecule has 2 heterocycles. The summed E-state index contributed by atoms with van der Waals surface area (Å²) in [5.74, 6) is 0.529. The zero-order valence-corrected chi connectivity index (χ0v) is 26.4. The molecule has 6 rings (SSSR count). The minimum Gasteiger partial charge on any atom is -0.507 e. The third-order valence-electron chi connectivity index (χ3n) is 7.43. The van der Waals surface area contributed by atoms with Gasteiger partial charge in [-0.1, -0.05) is 101 Å². The van der Waals surface area contributed by atoms with Crippen LogP contribution in [0.2, 0.25) is 0 Å². The average molecular weight is 721 g/mol. The molecule has 0 aliphatic rings. The molecule has 0 amide bonds. The van der Waals surface area contributed by atoms with Gasteiger partial charge in [-0.3, -0.25) is 4.98 Å². The number of aromatic nitrogens is 2. The average Bonchev–Trinajstić information content (AvgIpc) is 3.35. The van der Waals surface area contributed by atoms with Crippen LogP contribution in [0.15, 0.2) is 89.5 Å². The molecule has 0 fully saturated rings. The molecule has 210 valence electrons. The van der Waals surface area contributed by atoms with Crippen LogP contribution in [-0.2, 0) is 31.9 Å². The first-order chi connectivity index (χ1) is 19.0. The molecular weight excluding hydrogens is 687 g/mol.